The summed E-state index contributed by atoms with van der Waals surface area (Å²) < 4.78 is 0. The summed E-state index contributed by atoms with van der Waals surface area (Å²) in [4.78, 5) is 9.91. The number of rotatable bonds is 4. The Morgan fingerprint density at radius 1 is 1.50 bits per heavy atom. The molecule has 0 saturated carbocycles. The molecule has 0 aliphatic heterocycles. The fourth-order valence-corrected chi connectivity index (χ4v) is 1.23. The van der Waals surface area contributed by atoms with Crippen molar-refractivity contribution < 1.29 is 4.79 Å². The minimum absolute atomic E-state index is 0.432. The van der Waals surface area contributed by atoms with Crippen LogP contribution in [-0.4, -0.2) is 10.1 Å². The van der Waals surface area contributed by atoms with E-state index in [1.807, 2.05) is 13.8 Å². The van der Waals surface area contributed by atoms with Gasteiger partial charge in [-0.05, 0) is 24.4 Å². The Morgan fingerprint density at radius 2 is 2.00 bits per heavy atom. The van der Waals surface area contributed by atoms with Crippen molar-refractivity contribution in [2.45, 2.75) is 38.0 Å². The molecule has 0 radical (unpaired) electrons. The molecule has 1 atom stereocenters. The van der Waals surface area contributed by atoms with Crippen molar-refractivity contribution in [3.63, 3.8) is 0 Å². The third-order valence-electron chi connectivity index (χ3n) is 1.56. The highest BCUT2D eigenvalue weighted by Crippen LogP contribution is 2.28. The Hall–Kier alpha value is 0.250. The number of carbonyl (C=O) groups is 1. The average Bonchev–Trinajstić information content (AvgIpc) is 1.88. The van der Waals surface area contributed by atoms with Crippen molar-refractivity contribution >= 4 is 28.4 Å². The van der Waals surface area contributed by atoms with Gasteiger partial charge in [-0.15, -0.1) is 11.6 Å². The Bertz CT molecular complexity index is 125. The van der Waals surface area contributed by atoms with Crippen molar-refractivity contribution in [1.82, 2.24) is 0 Å². The predicted molar refractivity (Wildman–Crippen MR) is 44.6 cm³/mol. The predicted octanol–water partition coefficient (Wildman–Crippen LogP) is 2.94. The lowest BCUT2D eigenvalue weighted by Gasteiger charge is -2.18. The molecule has 0 aliphatic rings. The van der Waals surface area contributed by atoms with Crippen LogP contribution in [0.25, 0.3) is 0 Å². The minimum Gasteiger partial charge on any atom is -0.279 e. The van der Waals surface area contributed by atoms with Gasteiger partial charge in [0.05, 0.1) is 0 Å². The molecule has 60 valence electrons. The van der Waals surface area contributed by atoms with E-state index in [1.54, 1.807) is 0 Å². The van der Waals surface area contributed by atoms with E-state index in [0.29, 0.717) is 12.8 Å². The molecule has 0 aromatic rings. The molecule has 0 aliphatic carbocycles. The number of carbonyl (C=O) groups excluding carboxylic acids is 1. The average molecular weight is 183 g/mol. The van der Waals surface area contributed by atoms with Gasteiger partial charge < -0.3 is 0 Å². The van der Waals surface area contributed by atoms with Crippen LogP contribution in [0.1, 0.15) is 33.1 Å². The van der Waals surface area contributed by atoms with Gasteiger partial charge in [0.15, 0.2) is 0 Å². The fraction of sp³-hybridized carbons (Fsp3) is 0.857. The Morgan fingerprint density at radius 3 is 2.10 bits per heavy atom. The second-order valence-electron chi connectivity index (χ2n) is 2.34. The van der Waals surface area contributed by atoms with Crippen molar-refractivity contribution in [3.8, 4) is 0 Å². The van der Waals surface area contributed by atoms with Crippen LogP contribution in [0, 0.1) is 0 Å². The maximum Gasteiger partial charge on any atom is 0.242 e. The number of hydrogen-bond acceptors (Lipinski definition) is 1. The zero-order valence-electron chi connectivity index (χ0n) is 6.29. The van der Waals surface area contributed by atoms with Crippen molar-refractivity contribution in [3.05, 3.63) is 0 Å². The van der Waals surface area contributed by atoms with E-state index in [2.05, 4.69) is 0 Å². The first kappa shape index (κ1) is 10.2. The largest absolute Gasteiger partial charge is 0.279 e. The normalized spacial score (nSPS) is 16.4. The minimum atomic E-state index is -0.809. The third kappa shape index (κ3) is 2.47. The Labute approximate surface area is 71.7 Å². The van der Waals surface area contributed by atoms with E-state index in [4.69, 9.17) is 23.2 Å². The van der Waals surface area contributed by atoms with Gasteiger partial charge in [-0.1, -0.05) is 20.3 Å². The van der Waals surface area contributed by atoms with Crippen LogP contribution in [0.3, 0.4) is 0 Å². The first-order valence-corrected chi connectivity index (χ1v) is 4.21. The van der Waals surface area contributed by atoms with Gasteiger partial charge in [0.1, 0.15) is 4.87 Å². The van der Waals surface area contributed by atoms with E-state index in [9.17, 15) is 4.79 Å². The summed E-state index contributed by atoms with van der Waals surface area (Å²) in [6, 6.07) is 0. The maximum absolute atomic E-state index is 10.7. The highest BCUT2D eigenvalue weighted by atomic mass is 35.5. The summed E-state index contributed by atoms with van der Waals surface area (Å²) in [5.74, 6) is 0. The van der Waals surface area contributed by atoms with Gasteiger partial charge >= 0.3 is 0 Å². The zero-order chi connectivity index (χ0) is 8.20. The van der Waals surface area contributed by atoms with E-state index >= 15 is 0 Å². The lowest BCUT2D eigenvalue weighted by molar-refractivity contribution is -0.114. The summed E-state index contributed by atoms with van der Waals surface area (Å²) >= 11 is 11.2. The SMILES string of the molecule is CCCC(Cl)(CC)C(=O)Cl. The molecule has 1 nitrogen and oxygen atoms in total. The highest BCUT2D eigenvalue weighted by molar-refractivity contribution is 6.70. The molecule has 0 N–H and O–H groups in total. The topological polar surface area (TPSA) is 17.1 Å². The lowest BCUT2D eigenvalue weighted by atomic mass is 10.0. The molecule has 0 amide bonds. The van der Waals surface area contributed by atoms with Gasteiger partial charge in [0.25, 0.3) is 0 Å². The molecule has 0 spiro atoms. The number of alkyl halides is 1. The first-order chi connectivity index (χ1) is 4.56. The molecule has 3 heteroatoms. The monoisotopic (exact) mass is 182 g/mol. The van der Waals surface area contributed by atoms with Gasteiger partial charge in [-0.2, -0.15) is 0 Å². The van der Waals surface area contributed by atoms with Crippen molar-refractivity contribution in [2.75, 3.05) is 0 Å². The molecule has 0 heterocycles. The molecule has 0 aromatic heterocycles. The summed E-state index contributed by atoms with van der Waals surface area (Å²) in [5.41, 5.74) is 0. The smallest absolute Gasteiger partial charge is 0.242 e. The first-order valence-electron chi connectivity index (χ1n) is 3.45. The van der Waals surface area contributed by atoms with Crippen LogP contribution in [0.2, 0.25) is 0 Å². The van der Waals surface area contributed by atoms with E-state index < -0.39 is 10.1 Å². The molecule has 1 unspecified atom stereocenters. The molecule has 0 saturated heterocycles. The van der Waals surface area contributed by atoms with Gasteiger partial charge in [0, 0.05) is 0 Å². The van der Waals surface area contributed by atoms with E-state index in [1.165, 1.54) is 0 Å². The maximum atomic E-state index is 10.7. The summed E-state index contributed by atoms with van der Waals surface area (Å²) in [7, 11) is 0. The van der Waals surface area contributed by atoms with Crippen LogP contribution in [0.4, 0.5) is 0 Å². The van der Waals surface area contributed by atoms with Crippen molar-refractivity contribution in [2.24, 2.45) is 0 Å². The van der Waals surface area contributed by atoms with Crippen LogP contribution in [-0.2, 0) is 4.79 Å². The molecular weight excluding hydrogens is 171 g/mol. The lowest BCUT2D eigenvalue weighted by Crippen LogP contribution is -2.27. The molecule has 0 fully saturated rings. The van der Waals surface area contributed by atoms with Crippen LogP contribution in [0.5, 0.6) is 0 Å². The Balaban J connectivity index is 4.08. The van der Waals surface area contributed by atoms with Gasteiger partial charge in [0.2, 0.25) is 5.24 Å². The number of halogens is 2. The molecule has 10 heavy (non-hydrogen) atoms. The quantitative estimate of drug-likeness (QED) is 0.483. The van der Waals surface area contributed by atoms with Crippen LogP contribution >= 0.6 is 23.2 Å². The molecule has 0 rings (SSSR count). The fourth-order valence-electron chi connectivity index (χ4n) is 0.810. The standard InChI is InChI=1S/C7H12Cl2O/c1-3-5-7(9,4-2)6(8)10/h3-5H2,1-2H3. The van der Waals surface area contributed by atoms with Crippen LogP contribution < -0.4 is 0 Å². The van der Waals surface area contributed by atoms with Crippen molar-refractivity contribution in [1.29, 1.82) is 0 Å². The van der Waals surface area contributed by atoms with Gasteiger partial charge in [-0.3, -0.25) is 4.79 Å². The van der Waals surface area contributed by atoms with E-state index in [-0.39, 0.29) is 0 Å². The molecular formula is C7H12Cl2O. The molecule has 0 aromatic carbocycles. The third-order valence-corrected chi connectivity index (χ3v) is 2.65. The van der Waals surface area contributed by atoms with E-state index in [0.717, 1.165) is 6.42 Å². The Kier molecular flexibility index (Phi) is 4.30. The summed E-state index contributed by atoms with van der Waals surface area (Å²) in [6.45, 7) is 3.84. The zero-order valence-corrected chi connectivity index (χ0v) is 7.80. The second kappa shape index (κ2) is 4.20. The summed E-state index contributed by atoms with van der Waals surface area (Å²) in [5, 5.41) is -0.432. The molecule has 0 bridgehead atoms. The van der Waals surface area contributed by atoms with Gasteiger partial charge in [-0.25, -0.2) is 0 Å². The van der Waals surface area contributed by atoms with Crippen LogP contribution in [0.15, 0.2) is 0 Å². The highest BCUT2D eigenvalue weighted by Gasteiger charge is 2.31. The summed E-state index contributed by atoms with van der Waals surface area (Å²) in [6.07, 6.45) is 2.15. The second-order valence-corrected chi connectivity index (χ2v) is 3.41. The number of hydrogen-bond donors (Lipinski definition) is 0.